The second-order valence-electron chi connectivity index (χ2n) is 2.20. The summed E-state index contributed by atoms with van der Waals surface area (Å²) in [5.41, 5.74) is -0.160. The van der Waals surface area contributed by atoms with Crippen molar-refractivity contribution < 1.29 is 19.0 Å². The second-order valence-corrected chi connectivity index (χ2v) is 4.14. The summed E-state index contributed by atoms with van der Waals surface area (Å²) in [7, 11) is 3.93. The molecule has 5 heteroatoms. The minimum absolute atomic E-state index is 0.160. The highest BCUT2D eigenvalue weighted by Gasteiger charge is 2.13. The third kappa shape index (κ3) is 4.43. The van der Waals surface area contributed by atoms with E-state index in [0.29, 0.717) is 0 Å². The van der Waals surface area contributed by atoms with E-state index < -0.39 is 9.52 Å². The lowest BCUT2D eigenvalue weighted by atomic mass is 10.7. The van der Waals surface area contributed by atoms with Gasteiger partial charge >= 0.3 is 0 Å². The molecule has 0 aromatic carbocycles. The summed E-state index contributed by atoms with van der Waals surface area (Å²) in [6.45, 7) is 0. The molecule has 0 radical (unpaired) electrons. The van der Waals surface area contributed by atoms with Crippen molar-refractivity contribution in [1.29, 1.82) is 0 Å². The Kier molecular flexibility index (Phi) is 6.94. The first-order chi connectivity index (χ1) is 5.78. The number of methoxy groups -OCH3 is 3. The lowest BCUT2D eigenvalue weighted by Crippen LogP contribution is -2.31. The Labute approximate surface area is 74.3 Å². The van der Waals surface area contributed by atoms with Crippen LogP contribution in [0.2, 0.25) is 0 Å². The average Bonchev–Trinajstić information content (AvgIpc) is 2.12. The fraction of sp³-hybridized carbons (Fsp3) is 0.714. The molecule has 70 valence electrons. The molecule has 4 nitrogen and oxygen atoms in total. The normalized spacial score (nSPS) is 13.7. The van der Waals surface area contributed by atoms with E-state index in [4.69, 9.17) is 14.2 Å². The molecule has 0 amide bonds. The van der Waals surface area contributed by atoms with Crippen molar-refractivity contribution in [3.05, 3.63) is 6.08 Å². The highest BCUT2D eigenvalue weighted by atomic mass is 28.2. The van der Waals surface area contributed by atoms with Crippen molar-refractivity contribution in [3.8, 4) is 0 Å². The highest BCUT2D eigenvalue weighted by molar-refractivity contribution is 6.39. The van der Waals surface area contributed by atoms with Gasteiger partial charge in [-0.3, -0.25) is 0 Å². The first-order valence-electron chi connectivity index (χ1n) is 3.57. The predicted molar refractivity (Wildman–Crippen MR) is 47.4 cm³/mol. The highest BCUT2D eigenvalue weighted by Crippen LogP contribution is 1.95. The van der Waals surface area contributed by atoms with Gasteiger partial charge in [0.2, 0.25) is 0 Å². The first-order valence-corrected chi connectivity index (χ1v) is 5.21. The summed E-state index contributed by atoms with van der Waals surface area (Å²) in [5, 5.41) is 0. The average molecular weight is 190 g/mol. The summed E-state index contributed by atoms with van der Waals surface area (Å²) < 4.78 is 15.0. The van der Waals surface area contributed by atoms with Gasteiger partial charge in [-0.05, 0) is 0 Å². The number of rotatable bonds is 6. The SMILES string of the molecule is COC(C=C=O)[SiH2]C(OC)OC. The molecule has 1 unspecified atom stereocenters. The molecule has 0 spiro atoms. The van der Waals surface area contributed by atoms with Crippen LogP contribution in [0.15, 0.2) is 6.08 Å². The van der Waals surface area contributed by atoms with Gasteiger partial charge in [0.1, 0.15) is 21.4 Å². The van der Waals surface area contributed by atoms with Crippen LogP contribution in [0.4, 0.5) is 0 Å². The van der Waals surface area contributed by atoms with Crippen molar-refractivity contribution in [2.45, 2.75) is 11.6 Å². The van der Waals surface area contributed by atoms with E-state index in [-0.39, 0.29) is 11.6 Å². The van der Waals surface area contributed by atoms with Crippen LogP contribution in [0.3, 0.4) is 0 Å². The van der Waals surface area contributed by atoms with Crippen LogP contribution in [-0.2, 0) is 19.0 Å². The van der Waals surface area contributed by atoms with Gasteiger partial charge in [0.25, 0.3) is 0 Å². The van der Waals surface area contributed by atoms with Crippen molar-refractivity contribution in [2.75, 3.05) is 21.3 Å². The summed E-state index contributed by atoms with van der Waals surface area (Å²) in [6.07, 6.45) is 1.36. The van der Waals surface area contributed by atoms with Crippen LogP contribution in [0.1, 0.15) is 0 Å². The maximum absolute atomic E-state index is 10.0. The van der Waals surface area contributed by atoms with E-state index in [0.717, 1.165) is 0 Å². The lowest BCUT2D eigenvalue weighted by molar-refractivity contribution is -0.0471. The van der Waals surface area contributed by atoms with Crippen LogP contribution >= 0.6 is 0 Å². The van der Waals surface area contributed by atoms with Crippen molar-refractivity contribution in [2.24, 2.45) is 0 Å². The monoisotopic (exact) mass is 190 g/mol. The van der Waals surface area contributed by atoms with Gasteiger partial charge < -0.3 is 14.2 Å². The smallest absolute Gasteiger partial charge is 0.137 e. The Balaban J connectivity index is 3.90. The molecular formula is C7H14O4Si. The molecule has 0 saturated carbocycles. The first kappa shape index (κ1) is 11.5. The van der Waals surface area contributed by atoms with E-state index in [2.05, 4.69) is 0 Å². The molecule has 0 heterocycles. The third-order valence-corrected chi connectivity index (χ3v) is 3.59. The van der Waals surface area contributed by atoms with Gasteiger partial charge in [-0.25, -0.2) is 4.79 Å². The summed E-state index contributed by atoms with van der Waals surface area (Å²) in [6, 6.07) is 0. The standard InChI is InChI=1S/C7H14O4Si/c1-9-6(4-5-8)12-7(10-2)11-3/h4,6-7H,12H2,1-3H3. The zero-order valence-corrected chi connectivity index (χ0v) is 8.99. The third-order valence-electron chi connectivity index (χ3n) is 1.51. The van der Waals surface area contributed by atoms with Crippen LogP contribution in [0.5, 0.6) is 0 Å². The fourth-order valence-corrected chi connectivity index (χ4v) is 1.98. The lowest BCUT2D eigenvalue weighted by Gasteiger charge is -2.16. The zero-order chi connectivity index (χ0) is 9.40. The summed E-state index contributed by atoms with van der Waals surface area (Å²) in [4.78, 5) is 10.0. The number of hydrogen-bond donors (Lipinski definition) is 0. The topological polar surface area (TPSA) is 44.8 Å². The minimum atomic E-state index is -0.756. The Bertz CT molecular complexity index is 151. The Morgan fingerprint density at radius 2 is 1.83 bits per heavy atom. The van der Waals surface area contributed by atoms with Gasteiger partial charge in [0, 0.05) is 27.4 Å². The maximum Gasteiger partial charge on any atom is 0.137 e. The van der Waals surface area contributed by atoms with Crippen molar-refractivity contribution in [3.63, 3.8) is 0 Å². The summed E-state index contributed by atoms with van der Waals surface area (Å²) in [5.74, 6) is 1.49. The number of hydrogen-bond acceptors (Lipinski definition) is 4. The molecule has 1 atom stereocenters. The molecule has 0 aromatic rings. The molecule has 0 rings (SSSR count). The van der Waals surface area contributed by atoms with Crippen LogP contribution < -0.4 is 0 Å². The Hall–Kier alpha value is -0.453. The molecule has 0 aliphatic carbocycles. The molecule has 0 fully saturated rings. The van der Waals surface area contributed by atoms with Crippen molar-refractivity contribution in [1.82, 2.24) is 0 Å². The van der Waals surface area contributed by atoms with E-state index in [1.807, 2.05) is 0 Å². The van der Waals surface area contributed by atoms with Crippen LogP contribution in [0.25, 0.3) is 0 Å². The predicted octanol–water partition coefficient (Wildman–Crippen LogP) is -0.908. The van der Waals surface area contributed by atoms with E-state index in [9.17, 15) is 4.79 Å². The zero-order valence-electron chi connectivity index (χ0n) is 7.57. The van der Waals surface area contributed by atoms with Gasteiger partial charge in [-0.2, -0.15) is 0 Å². The van der Waals surface area contributed by atoms with E-state index >= 15 is 0 Å². The fourth-order valence-electron chi connectivity index (χ4n) is 0.787. The molecular weight excluding hydrogens is 176 g/mol. The summed E-state index contributed by atoms with van der Waals surface area (Å²) >= 11 is 0. The van der Waals surface area contributed by atoms with Crippen LogP contribution in [-0.4, -0.2) is 48.4 Å². The Morgan fingerprint density at radius 3 is 2.17 bits per heavy atom. The molecule has 0 N–H and O–H groups in total. The molecule has 12 heavy (non-hydrogen) atoms. The van der Waals surface area contributed by atoms with E-state index in [1.54, 1.807) is 27.3 Å². The maximum atomic E-state index is 10.0. The van der Waals surface area contributed by atoms with Gasteiger partial charge in [-0.15, -0.1) is 0 Å². The molecule has 0 aliphatic rings. The molecule has 0 bridgehead atoms. The van der Waals surface area contributed by atoms with Gasteiger partial charge in [-0.1, -0.05) is 0 Å². The molecule has 0 saturated heterocycles. The molecule has 0 aliphatic heterocycles. The number of carbonyl (C=O) groups excluding carboxylic acids is 1. The minimum Gasteiger partial charge on any atom is -0.381 e. The van der Waals surface area contributed by atoms with Gasteiger partial charge in [0.15, 0.2) is 0 Å². The van der Waals surface area contributed by atoms with E-state index in [1.165, 1.54) is 6.08 Å². The van der Waals surface area contributed by atoms with Crippen molar-refractivity contribution >= 4 is 15.5 Å². The Morgan fingerprint density at radius 1 is 1.25 bits per heavy atom. The number of ether oxygens (including phenoxy) is 3. The largest absolute Gasteiger partial charge is 0.381 e. The van der Waals surface area contributed by atoms with Gasteiger partial charge in [0.05, 0.1) is 5.73 Å². The molecule has 0 aromatic heterocycles. The van der Waals surface area contributed by atoms with Crippen LogP contribution in [0, 0.1) is 0 Å². The second kappa shape index (κ2) is 7.21. The quantitative estimate of drug-likeness (QED) is 0.309.